The SMILES string of the molecule is CCCCNC(=O)COc1ccc2c(c1)n(CC)c(CNC(=O)c1nc(Cl)cnc1N)[n+]2CC. The first-order valence-electron chi connectivity index (χ1n) is 11.4. The van der Waals surface area contributed by atoms with Crippen LogP contribution in [0.15, 0.2) is 24.4 Å². The van der Waals surface area contributed by atoms with Gasteiger partial charge in [0.1, 0.15) is 17.4 Å². The van der Waals surface area contributed by atoms with E-state index in [4.69, 9.17) is 22.1 Å². The number of unbranched alkanes of at least 4 members (excludes halogenated alkanes) is 1. The third-order valence-corrected chi connectivity index (χ3v) is 5.58. The van der Waals surface area contributed by atoms with Gasteiger partial charge in [-0.2, -0.15) is 0 Å². The summed E-state index contributed by atoms with van der Waals surface area (Å²) in [5, 5.41) is 5.81. The Morgan fingerprint density at radius 3 is 2.74 bits per heavy atom. The molecule has 0 spiro atoms. The average Bonchev–Trinajstić information content (AvgIpc) is 3.14. The zero-order valence-electron chi connectivity index (χ0n) is 19.7. The van der Waals surface area contributed by atoms with Gasteiger partial charge >= 0.3 is 0 Å². The molecule has 2 heterocycles. The molecular weight excluding hydrogens is 458 g/mol. The summed E-state index contributed by atoms with van der Waals surface area (Å²) in [5.74, 6) is 0.917. The van der Waals surface area contributed by atoms with Gasteiger partial charge in [0.15, 0.2) is 29.2 Å². The third kappa shape index (κ3) is 5.74. The van der Waals surface area contributed by atoms with Crippen molar-refractivity contribution in [1.82, 2.24) is 25.2 Å². The van der Waals surface area contributed by atoms with Gasteiger partial charge in [0.25, 0.3) is 17.6 Å². The predicted molar refractivity (Wildman–Crippen MR) is 130 cm³/mol. The van der Waals surface area contributed by atoms with Crippen molar-refractivity contribution in [2.24, 2.45) is 0 Å². The molecular formula is C23H31ClN7O3+. The largest absolute Gasteiger partial charge is 0.484 e. The Kier molecular flexibility index (Phi) is 8.64. The lowest BCUT2D eigenvalue weighted by molar-refractivity contribution is -0.676. The Hall–Kier alpha value is -3.40. The number of aromatic nitrogens is 4. The zero-order chi connectivity index (χ0) is 24.7. The van der Waals surface area contributed by atoms with E-state index < -0.39 is 5.91 Å². The van der Waals surface area contributed by atoms with Crippen LogP contribution in [-0.2, 0) is 24.4 Å². The minimum Gasteiger partial charge on any atom is -0.484 e. The number of nitrogen functional groups attached to an aromatic ring is 1. The molecule has 0 aliphatic carbocycles. The Morgan fingerprint density at radius 1 is 1.24 bits per heavy atom. The number of imidazole rings is 1. The summed E-state index contributed by atoms with van der Waals surface area (Å²) in [5.41, 5.74) is 7.72. The second-order valence-corrected chi connectivity index (χ2v) is 8.04. The molecule has 0 saturated carbocycles. The highest BCUT2D eigenvalue weighted by atomic mass is 35.5. The molecule has 3 aromatic rings. The van der Waals surface area contributed by atoms with E-state index in [9.17, 15) is 9.59 Å². The highest BCUT2D eigenvalue weighted by Gasteiger charge is 2.25. The van der Waals surface area contributed by atoms with Gasteiger partial charge in [-0.1, -0.05) is 24.9 Å². The second-order valence-electron chi connectivity index (χ2n) is 7.66. The second kappa shape index (κ2) is 11.6. The van der Waals surface area contributed by atoms with Crippen LogP contribution in [0.5, 0.6) is 5.75 Å². The highest BCUT2D eigenvalue weighted by Crippen LogP contribution is 2.22. The number of hydrogen-bond donors (Lipinski definition) is 3. The van der Waals surface area contributed by atoms with Crippen molar-refractivity contribution in [1.29, 1.82) is 0 Å². The molecule has 4 N–H and O–H groups in total. The molecule has 182 valence electrons. The topological polar surface area (TPSA) is 128 Å². The van der Waals surface area contributed by atoms with E-state index in [0.717, 1.165) is 29.7 Å². The van der Waals surface area contributed by atoms with Gasteiger partial charge in [-0.15, -0.1) is 0 Å². The molecule has 10 nitrogen and oxygen atoms in total. The number of fused-ring (bicyclic) bond motifs is 1. The summed E-state index contributed by atoms with van der Waals surface area (Å²) in [6, 6.07) is 5.72. The highest BCUT2D eigenvalue weighted by molar-refractivity contribution is 6.29. The molecule has 0 unspecified atom stereocenters. The molecule has 0 radical (unpaired) electrons. The van der Waals surface area contributed by atoms with Crippen LogP contribution in [-0.4, -0.2) is 39.5 Å². The first kappa shape index (κ1) is 25.2. The minimum atomic E-state index is -0.457. The zero-order valence-corrected chi connectivity index (χ0v) is 20.5. The summed E-state index contributed by atoms with van der Waals surface area (Å²) < 4.78 is 9.94. The van der Waals surface area contributed by atoms with Crippen molar-refractivity contribution in [3.63, 3.8) is 0 Å². The normalized spacial score (nSPS) is 10.9. The molecule has 0 fully saturated rings. The number of nitrogens with two attached hydrogens (primary N) is 1. The van der Waals surface area contributed by atoms with Crippen LogP contribution >= 0.6 is 11.6 Å². The summed E-state index contributed by atoms with van der Waals surface area (Å²) in [6.07, 6.45) is 3.25. The number of ether oxygens (including phenoxy) is 1. The first-order valence-corrected chi connectivity index (χ1v) is 11.8. The van der Waals surface area contributed by atoms with E-state index in [0.29, 0.717) is 25.4 Å². The van der Waals surface area contributed by atoms with Crippen LogP contribution in [0.4, 0.5) is 5.82 Å². The number of anilines is 1. The number of carbonyl (C=O) groups excluding carboxylic acids is 2. The lowest BCUT2D eigenvalue weighted by Gasteiger charge is -2.07. The molecule has 1 aromatic carbocycles. The number of amides is 2. The molecule has 11 heteroatoms. The fourth-order valence-corrected chi connectivity index (χ4v) is 3.88. The first-order chi connectivity index (χ1) is 16.4. The van der Waals surface area contributed by atoms with Gasteiger partial charge in [0, 0.05) is 12.6 Å². The number of benzene rings is 1. The van der Waals surface area contributed by atoms with Crippen LogP contribution in [0.2, 0.25) is 5.15 Å². The van der Waals surface area contributed by atoms with Crippen LogP contribution in [0.1, 0.15) is 49.9 Å². The predicted octanol–water partition coefficient (Wildman–Crippen LogP) is 2.22. The number of rotatable bonds is 11. The van der Waals surface area contributed by atoms with Crippen LogP contribution < -0.4 is 25.7 Å². The van der Waals surface area contributed by atoms with E-state index in [1.807, 2.05) is 32.0 Å². The Labute approximate surface area is 203 Å². The van der Waals surface area contributed by atoms with Gasteiger partial charge in [-0.25, -0.2) is 19.1 Å². The fourth-order valence-electron chi connectivity index (χ4n) is 3.75. The van der Waals surface area contributed by atoms with E-state index in [-0.39, 0.29) is 35.7 Å². The Balaban J connectivity index is 1.80. The smallest absolute Gasteiger partial charge is 0.277 e. The van der Waals surface area contributed by atoms with Crippen molar-refractivity contribution < 1.29 is 18.9 Å². The third-order valence-electron chi connectivity index (χ3n) is 5.40. The minimum absolute atomic E-state index is 0.0115. The van der Waals surface area contributed by atoms with E-state index >= 15 is 0 Å². The molecule has 34 heavy (non-hydrogen) atoms. The number of aryl methyl sites for hydroxylation is 2. The molecule has 0 aliphatic heterocycles. The van der Waals surface area contributed by atoms with Gasteiger partial charge in [0.2, 0.25) is 0 Å². The summed E-state index contributed by atoms with van der Waals surface area (Å²) in [4.78, 5) is 32.5. The Morgan fingerprint density at radius 2 is 2.03 bits per heavy atom. The van der Waals surface area contributed by atoms with Gasteiger partial charge in [-0.3, -0.25) is 9.59 Å². The molecule has 0 bridgehead atoms. The molecule has 0 aliphatic rings. The van der Waals surface area contributed by atoms with Crippen LogP contribution in [0.25, 0.3) is 11.0 Å². The number of carbonyl (C=O) groups is 2. The van der Waals surface area contributed by atoms with Gasteiger partial charge < -0.3 is 21.1 Å². The fraction of sp³-hybridized carbons (Fsp3) is 0.435. The van der Waals surface area contributed by atoms with Crippen LogP contribution in [0, 0.1) is 0 Å². The molecule has 2 aromatic heterocycles. The van der Waals surface area contributed by atoms with Gasteiger partial charge in [0.05, 0.1) is 19.3 Å². The maximum atomic E-state index is 12.7. The quantitative estimate of drug-likeness (QED) is 0.280. The molecule has 0 atom stereocenters. The van der Waals surface area contributed by atoms with Crippen molar-refractivity contribution in [3.8, 4) is 5.75 Å². The van der Waals surface area contributed by atoms with Crippen molar-refractivity contribution in [2.45, 2.75) is 53.2 Å². The maximum Gasteiger partial charge on any atom is 0.277 e. The maximum absolute atomic E-state index is 12.7. The van der Waals surface area contributed by atoms with Crippen molar-refractivity contribution >= 4 is 40.3 Å². The Bertz CT molecular complexity index is 1180. The number of halogens is 1. The number of hydrogen-bond acceptors (Lipinski definition) is 6. The molecule has 0 saturated heterocycles. The lowest BCUT2D eigenvalue weighted by Crippen LogP contribution is -2.40. The summed E-state index contributed by atoms with van der Waals surface area (Å²) in [7, 11) is 0. The standard InChI is InChI=1S/C23H30ClN7O3/c1-4-7-10-26-19(32)14-34-15-8-9-16-17(11-15)31(6-3)20(30(16)5-2)13-28-23(33)21-22(25)27-12-18(24)29-21/h8-9,11-12H,4-7,10,13-14H2,1-3H3,(H3-,25,26,27,28,32,33)/p+1. The lowest BCUT2D eigenvalue weighted by atomic mass is 10.3. The molecule has 2 amide bonds. The van der Waals surface area contributed by atoms with Gasteiger partial charge in [-0.05, 0) is 32.4 Å². The van der Waals surface area contributed by atoms with Crippen molar-refractivity contribution in [2.75, 3.05) is 18.9 Å². The van der Waals surface area contributed by atoms with E-state index in [1.54, 1.807) is 0 Å². The summed E-state index contributed by atoms with van der Waals surface area (Å²) >= 11 is 5.86. The number of nitrogens with one attached hydrogen (secondary N) is 2. The van der Waals surface area contributed by atoms with E-state index in [1.165, 1.54) is 6.20 Å². The molecule has 3 rings (SSSR count). The average molecular weight is 489 g/mol. The monoisotopic (exact) mass is 488 g/mol. The van der Waals surface area contributed by atoms with Crippen molar-refractivity contribution in [3.05, 3.63) is 41.1 Å². The van der Waals surface area contributed by atoms with E-state index in [2.05, 4.69) is 36.7 Å². The number of nitrogens with zero attached hydrogens (tertiary/aromatic N) is 4. The van der Waals surface area contributed by atoms with Crippen LogP contribution in [0.3, 0.4) is 0 Å². The summed E-state index contributed by atoms with van der Waals surface area (Å²) in [6.45, 7) is 8.37.